The Kier molecular flexibility index (Phi) is 28.0. The van der Waals surface area contributed by atoms with Crippen LogP contribution in [-0.2, 0) is 38.0 Å². The number of rotatable bonds is 28. The molecule has 0 aromatic heterocycles. The summed E-state index contributed by atoms with van der Waals surface area (Å²) in [7, 11) is 0. The Hall–Kier alpha value is -1.22. The third-order valence-electron chi connectivity index (χ3n) is 5.27. The minimum absolute atomic E-state index is 0.156. The van der Waals surface area contributed by atoms with Gasteiger partial charge < -0.3 is 28.4 Å². The largest absolute Gasteiger partial charge is 0.463 e. The standard InChI is InChI=1S/C27H52O8/c1-3-5-16-30-18-20-32-22-24-34-26(28)14-12-10-8-7-9-11-13-15-27(29)35-25-23-33-21-19-31-17-6-4-2/h3-25H2,1-2H3. The van der Waals surface area contributed by atoms with Gasteiger partial charge in [-0.05, 0) is 25.7 Å². The molecule has 35 heavy (non-hydrogen) atoms. The molecule has 8 heteroatoms. The van der Waals surface area contributed by atoms with E-state index in [1.807, 2.05) is 0 Å². The minimum Gasteiger partial charge on any atom is -0.463 e. The lowest BCUT2D eigenvalue weighted by Gasteiger charge is -2.07. The van der Waals surface area contributed by atoms with E-state index in [-0.39, 0.29) is 11.9 Å². The van der Waals surface area contributed by atoms with Crippen molar-refractivity contribution in [3.63, 3.8) is 0 Å². The van der Waals surface area contributed by atoms with Crippen LogP contribution in [0.15, 0.2) is 0 Å². The summed E-state index contributed by atoms with van der Waals surface area (Å²) in [5.41, 5.74) is 0. The molecule has 0 amide bonds. The van der Waals surface area contributed by atoms with Crippen LogP contribution >= 0.6 is 0 Å². The average molecular weight is 505 g/mol. The van der Waals surface area contributed by atoms with Crippen LogP contribution in [0, 0.1) is 0 Å². The summed E-state index contributed by atoms with van der Waals surface area (Å²) in [5, 5.41) is 0. The van der Waals surface area contributed by atoms with Gasteiger partial charge >= 0.3 is 11.9 Å². The first-order valence-electron chi connectivity index (χ1n) is 13.8. The molecule has 0 bridgehead atoms. The number of esters is 2. The molecule has 0 aliphatic rings. The van der Waals surface area contributed by atoms with Gasteiger partial charge in [-0.3, -0.25) is 9.59 Å². The Morgan fingerprint density at radius 1 is 0.400 bits per heavy atom. The lowest BCUT2D eigenvalue weighted by Crippen LogP contribution is -2.13. The number of ether oxygens (including phenoxy) is 6. The van der Waals surface area contributed by atoms with Crippen LogP contribution in [-0.4, -0.2) is 78.0 Å². The van der Waals surface area contributed by atoms with E-state index >= 15 is 0 Å². The van der Waals surface area contributed by atoms with Crippen molar-refractivity contribution in [1.82, 2.24) is 0 Å². The van der Waals surface area contributed by atoms with E-state index in [2.05, 4.69) is 13.8 Å². The third kappa shape index (κ3) is 28.9. The van der Waals surface area contributed by atoms with Gasteiger partial charge in [0.2, 0.25) is 0 Å². The van der Waals surface area contributed by atoms with Gasteiger partial charge in [0, 0.05) is 26.1 Å². The normalized spacial score (nSPS) is 11.0. The quantitative estimate of drug-likeness (QED) is 0.105. The Labute approximate surface area is 213 Å². The van der Waals surface area contributed by atoms with Crippen LogP contribution in [0.25, 0.3) is 0 Å². The Balaban J connectivity index is 3.24. The molecule has 0 saturated carbocycles. The number of carbonyl (C=O) groups excluding carboxylic acids is 2. The van der Waals surface area contributed by atoms with Gasteiger partial charge in [-0.1, -0.05) is 58.8 Å². The second kappa shape index (κ2) is 29.0. The first kappa shape index (κ1) is 33.8. The van der Waals surface area contributed by atoms with Gasteiger partial charge in [0.25, 0.3) is 0 Å². The number of carbonyl (C=O) groups is 2. The molecule has 0 atom stereocenters. The maximum atomic E-state index is 11.7. The zero-order valence-corrected chi connectivity index (χ0v) is 22.5. The molecule has 0 aromatic carbocycles. The summed E-state index contributed by atoms with van der Waals surface area (Å²) in [6.45, 7) is 9.49. The predicted octanol–water partition coefficient (Wildman–Crippen LogP) is 5.25. The van der Waals surface area contributed by atoms with Crippen LogP contribution < -0.4 is 0 Å². The lowest BCUT2D eigenvalue weighted by molar-refractivity contribution is -0.146. The van der Waals surface area contributed by atoms with Gasteiger partial charge in [-0.25, -0.2) is 0 Å². The first-order valence-corrected chi connectivity index (χ1v) is 13.8. The van der Waals surface area contributed by atoms with Crippen LogP contribution in [0.3, 0.4) is 0 Å². The molecule has 0 heterocycles. The molecule has 0 radical (unpaired) electrons. The molecule has 208 valence electrons. The molecule has 8 nitrogen and oxygen atoms in total. The van der Waals surface area contributed by atoms with Gasteiger partial charge in [0.15, 0.2) is 0 Å². The summed E-state index contributed by atoms with van der Waals surface area (Å²) in [4.78, 5) is 23.4. The molecular weight excluding hydrogens is 452 g/mol. The first-order chi connectivity index (χ1) is 17.2. The maximum absolute atomic E-state index is 11.7. The van der Waals surface area contributed by atoms with E-state index in [0.717, 1.165) is 83.8 Å². The highest BCUT2D eigenvalue weighted by Crippen LogP contribution is 2.10. The highest BCUT2D eigenvalue weighted by atomic mass is 16.6. The minimum atomic E-state index is -0.156. The van der Waals surface area contributed by atoms with Crippen molar-refractivity contribution in [3.05, 3.63) is 0 Å². The van der Waals surface area contributed by atoms with Crippen molar-refractivity contribution < 1.29 is 38.0 Å². The SMILES string of the molecule is CCCCOCCOCCOC(=O)CCCCCCCCCC(=O)OCCOCCOCCCC. The molecule has 0 saturated heterocycles. The number of unbranched alkanes of at least 4 members (excludes halogenated alkanes) is 8. The zero-order chi connectivity index (χ0) is 25.7. The molecule has 0 rings (SSSR count). The Morgan fingerprint density at radius 2 is 0.714 bits per heavy atom. The molecule has 0 aliphatic heterocycles. The second-order valence-electron chi connectivity index (χ2n) is 8.57. The number of hydrogen-bond acceptors (Lipinski definition) is 8. The van der Waals surface area contributed by atoms with E-state index in [9.17, 15) is 9.59 Å². The smallest absolute Gasteiger partial charge is 0.305 e. The maximum Gasteiger partial charge on any atom is 0.305 e. The third-order valence-corrected chi connectivity index (χ3v) is 5.27. The van der Waals surface area contributed by atoms with Crippen LogP contribution in [0.2, 0.25) is 0 Å². The van der Waals surface area contributed by atoms with Crippen LogP contribution in [0.5, 0.6) is 0 Å². The van der Waals surface area contributed by atoms with Crippen LogP contribution in [0.1, 0.15) is 97.3 Å². The molecule has 0 aliphatic carbocycles. The van der Waals surface area contributed by atoms with E-state index in [1.165, 1.54) is 0 Å². The van der Waals surface area contributed by atoms with Gasteiger partial charge in [-0.15, -0.1) is 0 Å². The predicted molar refractivity (Wildman–Crippen MR) is 137 cm³/mol. The second-order valence-corrected chi connectivity index (χ2v) is 8.57. The summed E-state index contributed by atoms with van der Waals surface area (Å²) in [6.07, 6.45) is 12.4. The summed E-state index contributed by atoms with van der Waals surface area (Å²) in [6, 6.07) is 0. The molecule has 0 fully saturated rings. The van der Waals surface area contributed by atoms with Crippen LogP contribution in [0.4, 0.5) is 0 Å². The molecular formula is C27H52O8. The van der Waals surface area contributed by atoms with Gasteiger partial charge in [0.1, 0.15) is 13.2 Å². The molecule has 0 N–H and O–H groups in total. The fourth-order valence-electron chi connectivity index (χ4n) is 3.13. The fraction of sp³-hybridized carbons (Fsp3) is 0.926. The topological polar surface area (TPSA) is 89.5 Å². The van der Waals surface area contributed by atoms with Crippen molar-refractivity contribution in [2.75, 3.05) is 66.1 Å². The fourth-order valence-corrected chi connectivity index (χ4v) is 3.13. The van der Waals surface area contributed by atoms with Crippen molar-refractivity contribution in [1.29, 1.82) is 0 Å². The van der Waals surface area contributed by atoms with Crippen molar-refractivity contribution in [2.24, 2.45) is 0 Å². The Bertz CT molecular complexity index is 418. The zero-order valence-electron chi connectivity index (χ0n) is 22.5. The molecule has 0 spiro atoms. The van der Waals surface area contributed by atoms with E-state index in [0.29, 0.717) is 65.7 Å². The summed E-state index contributed by atoms with van der Waals surface area (Å²) >= 11 is 0. The highest BCUT2D eigenvalue weighted by Gasteiger charge is 2.04. The summed E-state index contributed by atoms with van der Waals surface area (Å²) in [5.74, 6) is -0.311. The van der Waals surface area contributed by atoms with Crippen molar-refractivity contribution in [2.45, 2.75) is 97.3 Å². The van der Waals surface area contributed by atoms with E-state index in [1.54, 1.807) is 0 Å². The summed E-state index contributed by atoms with van der Waals surface area (Å²) < 4.78 is 31.9. The van der Waals surface area contributed by atoms with E-state index < -0.39 is 0 Å². The number of hydrogen-bond donors (Lipinski definition) is 0. The van der Waals surface area contributed by atoms with E-state index in [4.69, 9.17) is 28.4 Å². The van der Waals surface area contributed by atoms with Crippen molar-refractivity contribution >= 4 is 11.9 Å². The molecule has 0 unspecified atom stereocenters. The Morgan fingerprint density at radius 3 is 1.09 bits per heavy atom. The van der Waals surface area contributed by atoms with Gasteiger partial charge in [-0.2, -0.15) is 0 Å². The monoisotopic (exact) mass is 504 g/mol. The average Bonchev–Trinajstić information content (AvgIpc) is 2.85. The van der Waals surface area contributed by atoms with Crippen molar-refractivity contribution in [3.8, 4) is 0 Å². The van der Waals surface area contributed by atoms with Gasteiger partial charge in [0.05, 0.1) is 39.6 Å². The highest BCUT2D eigenvalue weighted by molar-refractivity contribution is 5.69. The lowest BCUT2D eigenvalue weighted by atomic mass is 10.1. The molecule has 0 aromatic rings.